The van der Waals surface area contributed by atoms with Gasteiger partial charge in [-0.05, 0) is 69.3 Å². The van der Waals surface area contributed by atoms with Gasteiger partial charge in [-0.15, -0.1) is 6.42 Å². The summed E-state index contributed by atoms with van der Waals surface area (Å²) in [6, 6.07) is 6.37. The highest BCUT2D eigenvalue weighted by Crippen LogP contribution is 2.37. The molecule has 3 rings (SSSR count). The van der Waals surface area contributed by atoms with E-state index < -0.39 is 15.3 Å². The zero-order valence-electron chi connectivity index (χ0n) is 22.5. The van der Waals surface area contributed by atoms with Crippen LogP contribution in [0.25, 0.3) is 0 Å². The lowest BCUT2D eigenvalue weighted by atomic mass is 10.1. The number of terminal acetylenes is 1. The number of anilines is 2. The molecule has 0 bridgehead atoms. The van der Waals surface area contributed by atoms with Gasteiger partial charge >= 0.3 is 0 Å². The molecule has 0 saturated heterocycles. The molecule has 2 heterocycles. The molecule has 1 amide bonds. The number of aromatic nitrogens is 2. The number of amides is 1. The van der Waals surface area contributed by atoms with Crippen LogP contribution in [0.5, 0.6) is 5.75 Å². The van der Waals surface area contributed by atoms with Gasteiger partial charge in [0.05, 0.1) is 24.0 Å². The third kappa shape index (κ3) is 8.33. The first-order chi connectivity index (χ1) is 18.1. The van der Waals surface area contributed by atoms with Crippen molar-refractivity contribution in [2.24, 2.45) is 11.8 Å². The standard InChI is InChI=1S/C27H38N6O4S/c1-6-10-28-12-9-23(18-37-24-8-7-11-29-17-24)31-27(34)21-14-25(30-16-22-13-20(22)4)32-26(15-21)33(5)38(35,36)19(2)3/h1,7-8,11,14-15,17,19-20,22-23,28H,9-10,12-13,16,18H2,2-5H3,(H,30,32)(H,31,34). The van der Waals surface area contributed by atoms with Gasteiger partial charge in [-0.25, -0.2) is 13.4 Å². The largest absolute Gasteiger partial charge is 0.490 e. The average Bonchev–Trinajstić information content (AvgIpc) is 3.62. The molecule has 0 aliphatic heterocycles. The van der Waals surface area contributed by atoms with Crippen molar-refractivity contribution in [3.63, 3.8) is 0 Å². The van der Waals surface area contributed by atoms with Crippen LogP contribution in [0.1, 0.15) is 44.0 Å². The van der Waals surface area contributed by atoms with Crippen LogP contribution in [-0.2, 0) is 10.0 Å². The number of carbonyl (C=O) groups is 1. The van der Waals surface area contributed by atoms with Crippen molar-refractivity contribution in [2.45, 2.75) is 44.9 Å². The number of sulfonamides is 1. The van der Waals surface area contributed by atoms with Crippen LogP contribution >= 0.6 is 0 Å². The summed E-state index contributed by atoms with van der Waals surface area (Å²) in [6.07, 6.45) is 10.3. The summed E-state index contributed by atoms with van der Waals surface area (Å²) in [6.45, 7) is 7.33. The molecule has 1 saturated carbocycles. The molecule has 11 heteroatoms. The third-order valence-electron chi connectivity index (χ3n) is 6.51. The predicted octanol–water partition coefficient (Wildman–Crippen LogP) is 2.51. The third-order valence-corrected chi connectivity index (χ3v) is 8.65. The highest BCUT2D eigenvalue weighted by Gasteiger charge is 2.32. The van der Waals surface area contributed by atoms with Crippen LogP contribution in [0.4, 0.5) is 11.6 Å². The second kappa shape index (κ2) is 13.4. The van der Waals surface area contributed by atoms with E-state index in [1.54, 1.807) is 44.4 Å². The van der Waals surface area contributed by atoms with E-state index in [-0.39, 0.29) is 24.4 Å². The number of rotatable bonds is 15. The topological polar surface area (TPSA) is 126 Å². The minimum absolute atomic E-state index is 0.177. The van der Waals surface area contributed by atoms with Gasteiger partial charge in [0.2, 0.25) is 10.0 Å². The van der Waals surface area contributed by atoms with Gasteiger partial charge < -0.3 is 20.7 Å². The van der Waals surface area contributed by atoms with Crippen molar-refractivity contribution in [1.82, 2.24) is 20.6 Å². The molecule has 1 fully saturated rings. The van der Waals surface area contributed by atoms with E-state index in [4.69, 9.17) is 11.2 Å². The van der Waals surface area contributed by atoms with E-state index in [0.717, 1.165) is 10.7 Å². The molecular weight excluding hydrogens is 504 g/mol. The van der Waals surface area contributed by atoms with Gasteiger partial charge in [0.15, 0.2) is 0 Å². The minimum Gasteiger partial charge on any atom is -0.490 e. The van der Waals surface area contributed by atoms with Crippen molar-refractivity contribution in [1.29, 1.82) is 0 Å². The molecule has 0 radical (unpaired) electrons. The van der Waals surface area contributed by atoms with Crippen LogP contribution in [0.15, 0.2) is 36.7 Å². The Bertz CT molecular complexity index is 1220. The van der Waals surface area contributed by atoms with E-state index in [1.165, 1.54) is 13.1 Å². The summed E-state index contributed by atoms with van der Waals surface area (Å²) in [5.74, 6) is 4.58. The number of ether oxygens (including phenoxy) is 1. The fraction of sp³-hybridized carbons (Fsp3) is 0.519. The molecule has 2 aromatic heterocycles. The Labute approximate surface area is 226 Å². The molecule has 0 spiro atoms. The van der Waals surface area contributed by atoms with Crippen LogP contribution in [0, 0.1) is 24.2 Å². The number of carbonyl (C=O) groups excluding carboxylic acids is 1. The van der Waals surface area contributed by atoms with Gasteiger partial charge in [0, 0.05) is 25.4 Å². The van der Waals surface area contributed by atoms with E-state index in [1.807, 2.05) is 0 Å². The van der Waals surface area contributed by atoms with Crippen molar-refractivity contribution in [3.8, 4) is 18.1 Å². The zero-order chi connectivity index (χ0) is 27.7. The normalized spacial score (nSPS) is 17.4. The van der Waals surface area contributed by atoms with Crippen LogP contribution in [-0.4, -0.2) is 68.9 Å². The van der Waals surface area contributed by atoms with Crippen LogP contribution in [0.2, 0.25) is 0 Å². The molecule has 2 aromatic rings. The number of nitrogens with one attached hydrogen (secondary N) is 3. The van der Waals surface area contributed by atoms with Crippen molar-refractivity contribution >= 4 is 27.6 Å². The molecule has 3 N–H and O–H groups in total. The summed E-state index contributed by atoms with van der Waals surface area (Å²) < 4.78 is 32.6. The zero-order valence-corrected chi connectivity index (χ0v) is 23.3. The molecule has 0 aromatic carbocycles. The number of nitrogens with zero attached hydrogens (tertiary/aromatic N) is 3. The van der Waals surface area contributed by atoms with Crippen molar-refractivity contribution < 1.29 is 17.9 Å². The van der Waals surface area contributed by atoms with E-state index in [0.29, 0.717) is 55.0 Å². The van der Waals surface area contributed by atoms with Gasteiger partial charge in [0.1, 0.15) is 24.0 Å². The first-order valence-corrected chi connectivity index (χ1v) is 14.3. The Morgan fingerprint density at radius 1 is 1.34 bits per heavy atom. The van der Waals surface area contributed by atoms with Crippen LogP contribution in [0.3, 0.4) is 0 Å². The molecule has 206 valence electrons. The highest BCUT2D eigenvalue weighted by molar-refractivity contribution is 7.93. The van der Waals surface area contributed by atoms with E-state index >= 15 is 0 Å². The first kappa shape index (κ1) is 29.2. The molecule has 3 unspecified atom stereocenters. The fourth-order valence-electron chi connectivity index (χ4n) is 3.80. The minimum atomic E-state index is -3.64. The smallest absolute Gasteiger partial charge is 0.251 e. The summed E-state index contributed by atoms with van der Waals surface area (Å²) in [7, 11) is -2.18. The number of hydrogen-bond acceptors (Lipinski definition) is 8. The van der Waals surface area contributed by atoms with Gasteiger partial charge in [-0.2, -0.15) is 0 Å². The van der Waals surface area contributed by atoms with Crippen molar-refractivity contribution in [3.05, 3.63) is 42.2 Å². The van der Waals surface area contributed by atoms with Gasteiger partial charge in [0.25, 0.3) is 5.91 Å². The Kier molecular flexibility index (Phi) is 10.3. The molecular formula is C27H38N6O4S. The van der Waals surface area contributed by atoms with Gasteiger partial charge in [-0.3, -0.25) is 14.1 Å². The van der Waals surface area contributed by atoms with Gasteiger partial charge in [-0.1, -0.05) is 12.8 Å². The maximum Gasteiger partial charge on any atom is 0.251 e. The summed E-state index contributed by atoms with van der Waals surface area (Å²) >= 11 is 0. The molecule has 10 nitrogen and oxygen atoms in total. The Morgan fingerprint density at radius 3 is 2.74 bits per heavy atom. The molecule has 1 aliphatic rings. The SMILES string of the molecule is C#CCNCCC(COc1cccnc1)NC(=O)c1cc(NCC2CC2C)nc(N(C)S(=O)(=O)C(C)C)c1. The second-order valence-corrected chi connectivity index (χ2v) is 12.4. The molecule has 38 heavy (non-hydrogen) atoms. The second-order valence-electron chi connectivity index (χ2n) is 9.85. The first-order valence-electron chi connectivity index (χ1n) is 12.8. The lowest BCUT2D eigenvalue weighted by molar-refractivity contribution is 0.0918. The maximum absolute atomic E-state index is 13.4. The fourth-order valence-corrected chi connectivity index (χ4v) is 4.78. The number of hydrogen-bond donors (Lipinski definition) is 3. The highest BCUT2D eigenvalue weighted by atomic mass is 32.2. The lowest BCUT2D eigenvalue weighted by Gasteiger charge is -2.23. The Morgan fingerprint density at radius 2 is 2.11 bits per heavy atom. The molecule has 1 aliphatic carbocycles. The Balaban J connectivity index is 1.80. The van der Waals surface area contributed by atoms with E-state index in [2.05, 4.69) is 38.8 Å². The quantitative estimate of drug-likeness (QED) is 0.232. The average molecular weight is 543 g/mol. The predicted molar refractivity (Wildman–Crippen MR) is 150 cm³/mol. The summed E-state index contributed by atoms with van der Waals surface area (Å²) in [5, 5.41) is 8.79. The maximum atomic E-state index is 13.4. The summed E-state index contributed by atoms with van der Waals surface area (Å²) in [5.41, 5.74) is 0.301. The van der Waals surface area contributed by atoms with E-state index in [9.17, 15) is 13.2 Å². The Hall–Kier alpha value is -3.36. The monoisotopic (exact) mass is 542 g/mol. The molecule has 3 atom stereocenters. The van der Waals surface area contributed by atoms with Crippen LogP contribution < -0.4 is 25.0 Å². The lowest BCUT2D eigenvalue weighted by Crippen LogP contribution is -2.41. The number of pyridine rings is 2. The summed E-state index contributed by atoms with van der Waals surface area (Å²) in [4.78, 5) is 22.0. The van der Waals surface area contributed by atoms with Crippen molar-refractivity contribution in [2.75, 3.05) is 42.9 Å².